The number of nitrogens with zero attached hydrogens (tertiary/aromatic N) is 1. The molecule has 1 aliphatic heterocycles. The molecule has 3 nitrogen and oxygen atoms in total. The second-order valence-electron chi connectivity index (χ2n) is 4.36. The van der Waals surface area contributed by atoms with Gasteiger partial charge in [0.2, 0.25) is 0 Å². The average molecular weight is 234 g/mol. The molecule has 4 heteroatoms. The lowest BCUT2D eigenvalue weighted by molar-refractivity contribution is 0.121. The number of anilines is 1. The van der Waals surface area contributed by atoms with Crippen molar-refractivity contribution >= 4 is 5.69 Å². The summed E-state index contributed by atoms with van der Waals surface area (Å²) in [5, 5.41) is 12.1. The summed E-state index contributed by atoms with van der Waals surface area (Å²) in [4.78, 5) is 0. The van der Waals surface area contributed by atoms with Crippen molar-refractivity contribution < 1.29 is 9.13 Å². The van der Waals surface area contributed by atoms with Crippen molar-refractivity contribution in [3.63, 3.8) is 0 Å². The second-order valence-corrected chi connectivity index (χ2v) is 4.36. The SMILES string of the molecule is Cc1c(F)cc(C#N)cc1NC1CCOC1C. The molecule has 0 radical (unpaired) electrons. The highest BCUT2D eigenvalue weighted by Crippen LogP contribution is 2.24. The van der Waals surface area contributed by atoms with Crippen LogP contribution < -0.4 is 5.32 Å². The first-order chi connectivity index (χ1) is 8.11. The minimum atomic E-state index is -0.349. The number of nitriles is 1. The molecule has 17 heavy (non-hydrogen) atoms. The summed E-state index contributed by atoms with van der Waals surface area (Å²) in [6.07, 6.45) is 1.02. The van der Waals surface area contributed by atoms with E-state index in [0.717, 1.165) is 13.0 Å². The van der Waals surface area contributed by atoms with Crippen LogP contribution in [0.2, 0.25) is 0 Å². The zero-order chi connectivity index (χ0) is 12.4. The third kappa shape index (κ3) is 2.40. The van der Waals surface area contributed by atoms with E-state index in [1.807, 2.05) is 13.0 Å². The maximum absolute atomic E-state index is 13.6. The molecule has 0 aromatic heterocycles. The van der Waals surface area contributed by atoms with Crippen molar-refractivity contribution in [1.82, 2.24) is 0 Å². The number of hydrogen-bond acceptors (Lipinski definition) is 3. The van der Waals surface area contributed by atoms with E-state index in [4.69, 9.17) is 10.00 Å². The van der Waals surface area contributed by atoms with E-state index < -0.39 is 0 Å². The van der Waals surface area contributed by atoms with E-state index in [1.165, 1.54) is 6.07 Å². The normalized spacial score (nSPS) is 23.4. The van der Waals surface area contributed by atoms with E-state index >= 15 is 0 Å². The van der Waals surface area contributed by atoms with Gasteiger partial charge in [0.15, 0.2) is 0 Å². The Labute approximate surface area is 100 Å². The molecular weight excluding hydrogens is 219 g/mol. The highest BCUT2D eigenvalue weighted by Gasteiger charge is 2.24. The molecular formula is C13H15FN2O. The fourth-order valence-corrected chi connectivity index (χ4v) is 2.01. The van der Waals surface area contributed by atoms with Crippen LogP contribution in [0.1, 0.15) is 24.5 Å². The molecule has 90 valence electrons. The molecule has 1 heterocycles. The molecule has 0 bridgehead atoms. The molecule has 1 saturated heterocycles. The Morgan fingerprint density at radius 3 is 2.88 bits per heavy atom. The smallest absolute Gasteiger partial charge is 0.129 e. The Balaban J connectivity index is 2.26. The Morgan fingerprint density at radius 1 is 1.53 bits per heavy atom. The Bertz CT molecular complexity index is 467. The van der Waals surface area contributed by atoms with E-state index in [9.17, 15) is 4.39 Å². The predicted octanol–water partition coefficient (Wildman–Crippen LogP) is 2.60. The Hall–Kier alpha value is -1.60. The lowest BCUT2D eigenvalue weighted by Crippen LogP contribution is -2.27. The van der Waals surface area contributed by atoms with Gasteiger partial charge in [0.25, 0.3) is 0 Å². The van der Waals surface area contributed by atoms with Gasteiger partial charge >= 0.3 is 0 Å². The third-order valence-electron chi connectivity index (χ3n) is 3.19. The van der Waals surface area contributed by atoms with Gasteiger partial charge in [-0.25, -0.2) is 4.39 Å². The summed E-state index contributed by atoms with van der Waals surface area (Å²) in [6.45, 7) is 4.42. The summed E-state index contributed by atoms with van der Waals surface area (Å²) in [5.74, 6) is -0.349. The number of rotatable bonds is 2. The van der Waals surface area contributed by atoms with Gasteiger partial charge < -0.3 is 10.1 Å². The van der Waals surface area contributed by atoms with Crippen LogP contribution in [0.5, 0.6) is 0 Å². The number of hydrogen-bond donors (Lipinski definition) is 1. The van der Waals surface area contributed by atoms with E-state index in [0.29, 0.717) is 16.8 Å². The molecule has 2 atom stereocenters. The molecule has 1 fully saturated rings. The number of nitrogens with one attached hydrogen (secondary N) is 1. The summed E-state index contributed by atoms with van der Waals surface area (Å²) < 4.78 is 19.0. The van der Waals surface area contributed by atoms with Gasteiger partial charge in [-0.15, -0.1) is 0 Å². The van der Waals surface area contributed by atoms with Gasteiger partial charge in [0.05, 0.1) is 23.8 Å². The van der Waals surface area contributed by atoms with Crippen LogP contribution in [0.15, 0.2) is 12.1 Å². The van der Waals surface area contributed by atoms with E-state index in [-0.39, 0.29) is 18.0 Å². The third-order valence-corrected chi connectivity index (χ3v) is 3.19. The number of benzene rings is 1. The minimum absolute atomic E-state index is 0.114. The monoisotopic (exact) mass is 234 g/mol. The largest absolute Gasteiger partial charge is 0.379 e. The molecule has 2 unspecified atom stereocenters. The zero-order valence-corrected chi connectivity index (χ0v) is 9.96. The molecule has 1 aromatic rings. The van der Waals surface area contributed by atoms with Crippen LogP contribution >= 0.6 is 0 Å². The van der Waals surface area contributed by atoms with Crippen LogP contribution in [0.3, 0.4) is 0 Å². The summed E-state index contributed by atoms with van der Waals surface area (Å²) in [7, 11) is 0. The standard InChI is InChI=1S/C13H15FN2O/c1-8-11(14)5-10(7-15)6-13(8)16-12-3-4-17-9(12)2/h5-6,9,12,16H,3-4H2,1-2H3. The maximum Gasteiger partial charge on any atom is 0.129 e. The zero-order valence-electron chi connectivity index (χ0n) is 9.96. The molecule has 0 aliphatic carbocycles. The Kier molecular flexibility index (Phi) is 3.30. The minimum Gasteiger partial charge on any atom is -0.379 e. The highest BCUT2D eigenvalue weighted by molar-refractivity contribution is 5.56. The second kappa shape index (κ2) is 4.72. The summed E-state index contributed by atoms with van der Waals surface area (Å²) in [5.41, 5.74) is 1.56. The van der Waals surface area contributed by atoms with Crippen molar-refractivity contribution in [2.45, 2.75) is 32.4 Å². The molecule has 2 rings (SSSR count). The van der Waals surface area contributed by atoms with E-state index in [1.54, 1.807) is 13.0 Å². The topological polar surface area (TPSA) is 45.0 Å². The summed E-state index contributed by atoms with van der Waals surface area (Å²) in [6, 6.07) is 5.09. The quantitative estimate of drug-likeness (QED) is 0.855. The van der Waals surface area contributed by atoms with Crippen LogP contribution in [0.25, 0.3) is 0 Å². The van der Waals surface area contributed by atoms with Gasteiger partial charge in [0.1, 0.15) is 5.82 Å². The first kappa shape index (κ1) is 11.9. The fraction of sp³-hybridized carbons (Fsp3) is 0.462. The maximum atomic E-state index is 13.6. The van der Waals surface area contributed by atoms with Crippen molar-refractivity contribution in [2.75, 3.05) is 11.9 Å². The first-order valence-corrected chi connectivity index (χ1v) is 5.70. The Morgan fingerprint density at radius 2 is 2.29 bits per heavy atom. The van der Waals surface area contributed by atoms with Gasteiger partial charge in [-0.05, 0) is 32.4 Å². The van der Waals surface area contributed by atoms with Crippen LogP contribution in [-0.2, 0) is 4.74 Å². The van der Waals surface area contributed by atoms with Gasteiger partial charge in [-0.3, -0.25) is 0 Å². The number of halogens is 1. The van der Waals surface area contributed by atoms with Crippen molar-refractivity contribution in [2.24, 2.45) is 0 Å². The molecule has 1 aromatic carbocycles. The van der Waals surface area contributed by atoms with Crippen LogP contribution in [-0.4, -0.2) is 18.8 Å². The fourth-order valence-electron chi connectivity index (χ4n) is 2.01. The molecule has 1 aliphatic rings. The van der Waals surface area contributed by atoms with Crippen LogP contribution in [0.4, 0.5) is 10.1 Å². The predicted molar refractivity (Wildman–Crippen MR) is 63.3 cm³/mol. The highest BCUT2D eigenvalue weighted by atomic mass is 19.1. The van der Waals surface area contributed by atoms with Gasteiger partial charge in [0, 0.05) is 17.9 Å². The first-order valence-electron chi connectivity index (χ1n) is 5.70. The van der Waals surface area contributed by atoms with Gasteiger partial charge in [-0.2, -0.15) is 5.26 Å². The lowest BCUT2D eigenvalue weighted by Gasteiger charge is -2.19. The van der Waals surface area contributed by atoms with Crippen LogP contribution in [0, 0.1) is 24.1 Å². The molecule has 0 spiro atoms. The average Bonchev–Trinajstić information content (AvgIpc) is 2.70. The van der Waals surface area contributed by atoms with Crippen molar-refractivity contribution in [3.05, 3.63) is 29.1 Å². The van der Waals surface area contributed by atoms with Crippen molar-refractivity contribution in [1.29, 1.82) is 5.26 Å². The lowest BCUT2D eigenvalue weighted by atomic mass is 10.1. The molecule has 0 amide bonds. The van der Waals surface area contributed by atoms with Crippen molar-refractivity contribution in [3.8, 4) is 6.07 Å². The molecule has 1 N–H and O–H groups in total. The number of ether oxygens (including phenoxy) is 1. The summed E-state index contributed by atoms with van der Waals surface area (Å²) >= 11 is 0. The van der Waals surface area contributed by atoms with Gasteiger partial charge in [-0.1, -0.05) is 0 Å². The van der Waals surface area contributed by atoms with E-state index in [2.05, 4.69) is 5.32 Å². The molecule has 0 saturated carbocycles.